The molecule has 0 aromatic heterocycles. The zero-order chi connectivity index (χ0) is 17.5. The maximum Gasteiger partial charge on any atom is 0.255 e. The summed E-state index contributed by atoms with van der Waals surface area (Å²) in [4.78, 5) is 23.4. The van der Waals surface area contributed by atoms with Crippen LogP contribution in [0.2, 0.25) is 0 Å². The van der Waals surface area contributed by atoms with E-state index in [0.29, 0.717) is 17.7 Å². The molecule has 2 rings (SSSR count). The van der Waals surface area contributed by atoms with Gasteiger partial charge in [0.25, 0.3) is 5.91 Å². The molecule has 3 N–H and O–H groups in total. The first-order valence-electron chi connectivity index (χ1n) is 7.57. The molecule has 6 heteroatoms. The molecule has 0 fully saturated rings. The van der Waals surface area contributed by atoms with Crippen molar-refractivity contribution in [2.45, 2.75) is 20.3 Å². The third-order valence-electron chi connectivity index (χ3n) is 3.29. The molecule has 0 aliphatic carbocycles. The summed E-state index contributed by atoms with van der Waals surface area (Å²) < 4.78 is 0. The highest BCUT2D eigenvalue weighted by Crippen LogP contribution is 2.15. The number of carbonyl (C=O) groups is 2. The van der Waals surface area contributed by atoms with Crippen LogP contribution in [0.4, 0.5) is 11.4 Å². The number of amides is 2. The van der Waals surface area contributed by atoms with E-state index in [0.717, 1.165) is 11.3 Å². The summed E-state index contributed by atoms with van der Waals surface area (Å²) in [5.74, 6) is -0.309. The van der Waals surface area contributed by atoms with Gasteiger partial charge in [-0.05, 0) is 55.5 Å². The molecule has 0 saturated carbocycles. The van der Waals surface area contributed by atoms with Crippen LogP contribution in [0.5, 0.6) is 0 Å². The fraction of sp³-hybridized carbons (Fsp3) is 0.167. The Labute approximate surface area is 146 Å². The van der Waals surface area contributed by atoms with Crippen molar-refractivity contribution in [1.29, 1.82) is 0 Å². The predicted octanol–water partition coefficient (Wildman–Crippen LogP) is 3.47. The molecular weight excluding hydrogens is 322 g/mol. The lowest BCUT2D eigenvalue weighted by Gasteiger charge is -2.10. The van der Waals surface area contributed by atoms with Crippen molar-refractivity contribution >= 4 is 40.5 Å². The standard InChI is InChI=1S/C18H19N3O2S/c1-3-16(22)21-18(24)20-15-10-8-14(9-11-15)19-17(23)13-6-4-12(2)5-7-13/h4-11H,3H2,1-2H3,(H,19,23)(H2,20,21,22,24). The molecule has 2 amide bonds. The van der Waals surface area contributed by atoms with Crippen LogP contribution in [0.15, 0.2) is 48.5 Å². The molecule has 124 valence electrons. The van der Waals surface area contributed by atoms with Crippen molar-refractivity contribution < 1.29 is 9.59 Å². The summed E-state index contributed by atoms with van der Waals surface area (Å²) >= 11 is 5.04. The van der Waals surface area contributed by atoms with Crippen molar-refractivity contribution in [2.75, 3.05) is 10.6 Å². The van der Waals surface area contributed by atoms with E-state index in [1.54, 1.807) is 43.3 Å². The molecule has 2 aromatic carbocycles. The Morgan fingerprint density at radius 2 is 1.46 bits per heavy atom. The van der Waals surface area contributed by atoms with Crippen LogP contribution in [0.25, 0.3) is 0 Å². The number of carbonyl (C=O) groups excluding carboxylic acids is 2. The van der Waals surface area contributed by atoms with Crippen molar-refractivity contribution in [3.05, 3.63) is 59.7 Å². The van der Waals surface area contributed by atoms with E-state index in [2.05, 4.69) is 16.0 Å². The van der Waals surface area contributed by atoms with Gasteiger partial charge in [0.15, 0.2) is 5.11 Å². The van der Waals surface area contributed by atoms with Gasteiger partial charge in [0.2, 0.25) is 5.91 Å². The minimum Gasteiger partial charge on any atom is -0.332 e. The van der Waals surface area contributed by atoms with Crippen LogP contribution in [0.3, 0.4) is 0 Å². The molecule has 0 radical (unpaired) electrons. The molecule has 0 spiro atoms. The highest BCUT2D eigenvalue weighted by Gasteiger charge is 2.06. The number of hydrogen-bond donors (Lipinski definition) is 3. The van der Waals surface area contributed by atoms with Crippen LogP contribution >= 0.6 is 12.2 Å². The lowest BCUT2D eigenvalue weighted by Crippen LogP contribution is -2.33. The van der Waals surface area contributed by atoms with Gasteiger partial charge in [-0.15, -0.1) is 0 Å². The van der Waals surface area contributed by atoms with E-state index in [1.165, 1.54) is 0 Å². The Balaban J connectivity index is 1.94. The number of anilines is 2. The summed E-state index contributed by atoms with van der Waals surface area (Å²) in [5.41, 5.74) is 3.11. The largest absolute Gasteiger partial charge is 0.332 e. The molecule has 0 aliphatic heterocycles. The van der Waals surface area contributed by atoms with Gasteiger partial charge in [-0.25, -0.2) is 0 Å². The Morgan fingerprint density at radius 3 is 2.00 bits per heavy atom. The lowest BCUT2D eigenvalue weighted by atomic mass is 10.1. The number of rotatable bonds is 4. The van der Waals surface area contributed by atoms with E-state index in [1.807, 2.05) is 19.1 Å². The van der Waals surface area contributed by atoms with Crippen molar-refractivity contribution in [1.82, 2.24) is 5.32 Å². The van der Waals surface area contributed by atoms with Crippen molar-refractivity contribution in [2.24, 2.45) is 0 Å². The summed E-state index contributed by atoms with van der Waals surface area (Å²) in [7, 11) is 0. The maximum atomic E-state index is 12.1. The number of aryl methyl sites for hydroxylation is 1. The van der Waals surface area contributed by atoms with Gasteiger partial charge >= 0.3 is 0 Å². The quantitative estimate of drug-likeness (QED) is 0.745. The Bertz CT molecular complexity index is 740. The predicted molar refractivity (Wildman–Crippen MR) is 100 cm³/mol. The topological polar surface area (TPSA) is 70.2 Å². The highest BCUT2D eigenvalue weighted by molar-refractivity contribution is 7.80. The Kier molecular flexibility index (Phi) is 6.03. The molecule has 0 saturated heterocycles. The fourth-order valence-corrected chi connectivity index (χ4v) is 2.15. The molecule has 0 bridgehead atoms. The molecule has 24 heavy (non-hydrogen) atoms. The molecule has 0 aliphatic rings. The van der Waals surface area contributed by atoms with Gasteiger partial charge in [0, 0.05) is 23.4 Å². The van der Waals surface area contributed by atoms with Gasteiger partial charge in [0.05, 0.1) is 0 Å². The molecule has 5 nitrogen and oxygen atoms in total. The summed E-state index contributed by atoms with van der Waals surface area (Å²) in [6.45, 7) is 3.73. The van der Waals surface area contributed by atoms with Crippen LogP contribution in [0.1, 0.15) is 29.3 Å². The zero-order valence-electron chi connectivity index (χ0n) is 13.6. The summed E-state index contributed by atoms with van der Waals surface area (Å²) in [5, 5.41) is 8.55. The first-order valence-corrected chi connectivity index (χ1v) is 7.97. The molecule has 0 atom stereocenters. The molecule has 0 heterocycles. The average molecular weight is 341 g/mol. The minimum atomic E-state index is -0.165. The van der Waals surface area contributed by atoms with Crippen molar-refractivity contribution in [3.63, 3.8) is 0 Å². The van der Waals surface area contributed by atoms with Gasteiger partial charge in [-0.2, -0.15) is 0 Å². The van der Waals surface area contributed by atoms with Crippen LogP contribution < -0.4 is 16.0 Å². The van der Waals surface area contributed by atoms with Gasteiger partial charge in [0.1, 0.15) is 0 Å². The second kappa shape index (κ2) is 8.21. The number of thiocarbonyl (C=S) groups is 1. The van der Waals surface area contributed by atoms with E-state index >= 15 is 0 Å². The minimum absolute atomic E-state index is 0.144. The first kappa shape index (κ1) is 17.6. The Morgan fingerprint density at radius 1 is 0.917 bits per heavy atom. The summed E-state index contributed by atoms with van der Waals surface area (Å²) in [6, 6.07) is 14.4. The van der Waals surface area contributed by atoms with Crippen LogP contribution in [0, 0.1) is 6.92 Å². The van der Waals surface area contributed by atoms with Gasteiger partial charge < -0.3 is 16.0 Å². The normalized spacial score (nSPS) is 9.92. The second-order valence-corrected chi connectivity index (χ2v) is 5.66. The smallest absolute Gasteiger partial charge is 0.255 e. The monoisotopic (exact) mass is 341 g/mol. The van der Waals surface area contributed by atoms with Crippen LogP contribution in [-0.2, 0) is 4.79 Å². The van der Waals surface area contributed by atoms with E-state index in [4.69, 9.17) is 12.2 Å². The third kappa shape index (κ3) is 5.17. The van der Waals surface area contributed by atoms with Gasteiger partial charge in [-0.1, -0.05) is 24.6 Å². The second-order valence-electron chi connectivity index (χ2n) is 5.25. The molecule has 0 unspecified atom stereocenters. The highest BCUT2D eigenvalue weighted by atomic mass is 32.1. The van der Waals surface area contributed by atoms with Gasteiger partial charge in [-0.3, -0.25) is 9.59 Å². The fourth-order valence-electron chi connectivity index (χ4n) is 1.92. The van der Waals surface area contributed by atoms with Crippen molar-refractivity contribution in [3.8, 4) is 0 Å². The number of benzene rings is 2. The lowest BCUT2D eigenvalue weighted by molar-refractivity contribution is -0.119. The number of hydrogen-bond acceptors (Lipinski definition) is 3. The van der Waals surface area contributed by atoms with E-state index in [-0.39, 0.29) is 16.9 Å². The maximum absolute atomic E-state index is 12.1. The average Bonchev–Trinajstić information content (AvgIpc) is 2.57. The molecular formula is C18H19N3O2S. The van der Waals surface area contributed by atoms with E-state index < -0.39 is 0 Å². The zero-order valence-corrected chi connectivity index (χ0v) is 14.4. The third-order valence-corrected chi connectivity index (χ3v) is 3.49. The van der Waals surface area contributed by atoms with Crippen LogP contribution in [-0.4, -0.2) is 16.9 Å². The Hall–Kier alpha value is -2.73. The van der Waals surface area contributed by atoms with E-state index in [9.17, 15) is 9.59 Å². The number of nitrogens with one attached hydrogen (secondary N) is 3. The molecule has 2 aromatic rings. The summed E-state index contributed by atoms with van der Waals surface area (Å²) in [6.07, 6.45) is 0.367. The SMILES string of the molecule is CCC(=O)NC(=S)Nc1ccc(NC(=O)c2ccc(C)cc2)cc1. The first-order chi connectivity index (χ1) is 11.5.